The largest absolute Gasteiger partial charge is 0.481 e. The van der Waals surface area contributed by atoms with Crippen LogP contribution < -0.4 is 0 Å². The van der Waals surface area contributed by atoms with E-state index in [1.54, 1.807) is 18.1 Å². The van der Waals surface area contributed by atoms with Crippen LogP contribution in [0.5, 0.6) is 0 Å². The summed E-state index contributed by atoms with van der Waals surface area (Å²) in [6.45, 7) is 4.26. The first-order chi connectivity index (χ1) is 8.17. The second-order valence-corrected chi connectivity index (χ2v) is 3.51. The van der Waals surface area contributed by atoms with Crippen molar-refractivity contribution in [1.82, 2.24) is 4.90 Å². The molecule has 0 aliphatic heterocycles. The number of hydrogen-bond acceptors (Lipinski definition) is 2. The van der Waals surface area contributed by atoms with Gasteiger partial charge in [0, 0.05) is 13.6 Å². The van der Waals surface area contributed by atoms with Crippen LogP contribution in [0.15, 0.2) is 48.1 Å². The van der Waals surface area contributed by atoms with Gasteiger partial charge in [-0.25, -0.2) is 0 Å². The molecule has 0 aliphatic carbocycles. The zero-order valence-corrected chi connectivity index (χ0v) is 9.84. The number of hydrogen-bond donors (Lipinski definition) is 1. The highest BCUT2D eigenvalue weighted by molar-refractivity contribution is 5.97. The molecule has 4 heteroatoms. The zero-order valence-electron chi connectivity index (χ0n) is 9.84. The summed E-state index contributed by atoms with van der Waals surface area (Å²) in [5.41, 5.74) is 1.08. The van der Waals surface area contributed by atoms with Crippen LogP contribution in [-0.4, -0.2) is 28.9 Å². The van der Waals surface area contributed by atoms with Gasteiger partial charge in [0.2, 0.25) is 0 Å². The maximum atomic E-state index is 10.7. The van der Waals surface area contributed by atoms with Gasteiger partial charge in [-0.3, -0.25) is 9.79 Å². The normalized spacial score (nSPS) is 11.0. The van der Waals surface area contributed by atoms with E-state index in [-0.39, 0.29) is 6.42 Å². The van der Waals surface area contributed by atoms with Crippen LogP contribution in [0.2, 0.25) is 0 Å². The van der Waals surface area contributed by atoms with Gasteiger partial charge in [-0.15, -0.1) is 0 Å². The summed E-state index contributed by atoms with van der Waals surface area (Å²) in [6.07, 6.45) is 1.49. The van der Waals surface area contributed by atoms with Gasteiger partial charge >= 0.3 is 5.97 Å². The third-order valence-corrected chi connectivity index (χ3v) is 2.32. The predicted molar refractivity (Wildman–Crippen MR) is 67.8 cm³/mol. The summed E-state index contributed by atoms with van der Waals surface area (Å²) < 4.78 is 0. The Morgan fingerprint density at radius 3 is 2.59 bits per heavy atom. The van der Waals surface area contributed by atoms with Crippen LogP contribution in [0.1, 0.15) is 12.0 Å². The van der Waals surface area contributed by atoms with Crippen molar-refractivity contribution >= 4 is 11.8 Å². The third-order valence-electron chi connectivity index (χ3n) is 2.32. The quantitative estimate of drug-likeness (QED) is 0.625. The number of carboxylic acids is 1. The maximum absolute atomic E-state index is 10.7. The second-order valence-electron chi connectivity index (χ2n) is 3.51. The van der Waals surface area contributed by atoms with Crippen LogP contribution in [0.4, 0.5) is 0 Å². The van der Waals surface area contributed by atoms with E-state index < -0.39 is 5.97 Å². The van der Waals surface area contributed by atoms with E-state index in [1.807, 2.05) is 30.3 Å². The van der Waals surface area contributed by atoms with E-state index in [4.69, 9.17) is 5.11 Å². The number of carboxylic acid groups (broad SMARTS) is 1. The molecular formula is C13H16N2O2. The minimum Gasteiger partial charge on any atom is -0.481 e. The first-order valence-electron chi connectivity index (χ1n) is 5.28. The molecule has 0 fully saturated rings. The molecule has 0 spiro atoms. The Hall–Kier alpha value is -2.10. The smallest absolute Gasteiger partial charge is 0.311 e. The zero-order chi connectivity index (χ0) is 12.7. The molecule has 0 unspecified atom stereocenters. The molecule has 1 aromatic carbocycles. The van der Waals surface area contributed by atoms with Gasteiger partial charge in [0.05, 0.1) is 0 Å². The van der Waals surface area contributed by atoms with Gasteiger partial charge in [-0.1, -0.05) is 36.9 Å². The van der Waals surface area contributed by atoms with Gasteiger partial charge in [-0.2, -0.15) is 0 Å². The number of benzene rings is 1. The van der Waals surface area contributed by atoms with Gasteiger partial charge in [0.1, 0.15) is 12.3 Å². The number of nitrogens with zero attached hydrogens (tertiary/aromatic N) is 2. The topological polar surface area (TPSA) is 52.9 Å². The first kappa shape index (κ1) is 13.0. The molecule has 17 heavy (non-hydrogen) atoms. The number of carbonyl (C=O) groups is 1. The van der Waals surface area contributed by atoms with Crippen molar-refractivity contribution in [1.29, 1.82) is 0 Å². The summed E-state index contributed by atoms with van der Waals surface area (Å²) in [6, 6.07) is 9.77. The van der Waals surface area contributed by atoms with Crippen LogP contribution in [0, 0.1) is 0 Å². The highest BCUT2D eigenvalue weighted by Gasteiger charge is 2.11. The molecule has 0 saturated heterocycles. The van der Waals surface area contributed by atoms with E-state index in [0.717, 1.165) is 5.56 Å². The molecule has 0 atom stereocenters. The fourth-order valence-electron chi connectivity index (χ4n) is 1.49. The minimum atomic E-state index is -0.898. The van der Waals surface area contributed by atoms with Crippen molar-refractivity contribution in [2.75, 3.05) is 7.05 Å². The lowest BCUT2D eigenvalue weighted by molar-refractivity contribution is -0.135. The summed E-state index contributed by atoms with van der Waals surface area (Å²) >= 11 is 0. The molecule has 0 radical (unpaired) electrons. The molecule has 4 nitrogen and oxygen atoms in total. The Morgan fingerprint density at radius 2 is 2.12 bits per heavy atom. The average Bonchev–Trinajstić information content (AvgIpc) is 2.34. The van der Waals surface area contributed by atoms with Gasteiger partial charge < -0.3 is 10.0 Å². The van der Waals surface area contributed by atoms with Crippen LogP contribution in [0.3, 0.4) is 0 Å². The Morgan fingerprint density at radius 1 is 1.47 bits per heavy atom. The fourth-order valence-corrected chi connectivity index (χ4v) is 1.49. The summed E-state index contributed by atoms with van der Waals surface area (Å²) in [5, 5.41) is 8.78. The Bertz CT molecular complexity index is 413. The predicted octanol–water partition coefficient (Wildman–Crippen LogP) is 2.14. The van der Waals surface area contributed by atoms with Crippen molar-refractivity contribution in [3.63, 3.8) is 0 Å². The molecule has 0 saturated carbocycles. The SMILES string of the molecule is C=CN(Cc1ccccc1)C(CC(=O)O)=NC. The maximum Gasteiger partial charge on any atom is 0.311 e. The summed E-state index contributed by atoms with van der Waals surface area (Å²) in [4.78, 5) is 16.4. The van der Waals surface area contributed by atoms with E-state index in [1.165, 1.54) is 0 Å². The standard InChI is InChI=1S/C13H16N2O2/c1-3-15(12(14-2)9-13(16)17)10-11-7-5-4-6-8-11/h3-8H,1,9-10H2,2H3,(H,16,17). The molecule has 0 amide bonds. The van der Waals surface area contributed by atoms with Crippen molar-refractivity contribution < 1.29 is 9.90 Å². The van der Waals surface area contributed by atoms with Gasteiger partial charge in [-0.05, 0) is 11.8 Å². The first-order valence-corrected chi connectivity index (χ1v) is 5.28. The lowest BCUT2D eigenvalue weighted by Gasteiger charge is -2.20. The fraction of sp³-hybridized carbons (Fsp3) is 0.231. The Kier molecular flexibility index (Phi) is 4.94. The van der Waals surface area contributed by atoms with E-state index in [0.29, 0.717) is 12.4 Å². The number of aliphatic carboxylic acids is 1. The van der Waals surface area contributed by atoms with Gasteiger partial charge in [0.15, 0.2) is 0 Å². The molecule has 0 aromatic heterocycles. The molecule has 1 N–H and O–H groups in total. The lowest BCUT2D eigenvalue weighted by Crippen LogP contribution is -2.27. The second kappa shape index (κ2) is 6.48. The number of aliphatic imine (C=N–C) groups is 1. The van der Waals surface area contributed by atoms with Gasteiger partial charge in [0.25, 0.3) is 0 Å². The number of amidine groups is 1. The molecule has 1 aromatic rings. The number of rotatable bonds is 5. The van der Waals surface area contributed by atoms with E-state index in [9.17, 15) is 4.79 Å². The lowest BCUT2D eigenvalue weighted by atomic mass is 10.2. The molecule has 0 heterocycles. The van der Waals surface area contributed by atoms with Crippen LogP contribution in [-0.2, 0) is 11.3 Å². The van der Waals surface area contributed by atoms with Crippen molar-refractivity contribution in [2.45, 2.75) is 13.0 Å². The third kappa shape index (κ3) is 4.10. The summed E-state index contributed by atoms with van der Waals surface area (Å²) in [7, 11) is 1.58. The van der Waals surface area contributed by atoms with Crippen molar-refractivity contribution in [3.8, 4) is 0 Å². The highest BCUT2D eigenvalue weighted by atomic mass is 16.4. The summed E-state index contributed by atoms with van der Waals surface area (Å²) in [5.74, 6) is -0.401. The van der Waals surface area contributed by atoms with Crippen molar-refractivity contribution in [3.05, 3.63) is 48.7 Å². The Labute approximate surface area is 101 Å². The molecular weight excluding hydrogens is 216 g/mol. The molecule has 1 rings (SSSR count). The van der Waals surface area contributed by atoms with Crippen molar-refractivity contribution in [2.24, 2.45) is 4.99 Å². The van der Waals surface area contributed by atoms with E-state index in [2.05, 4.69) is 11.6 Å². The molecule has 90 valence electrons. The highest BCUT2D eigenvalue weighted by Crippen LogP contribution is 2.07. The van der Waals surface area contributed by atoms with Crippen LogP contribution >= 0.6 is 0 Å². The molecule has 0 aliphatic rings. The average molecular weight is 232 g/mol. The minimum absolute atomic E-state index is 0.102. The Balaban J connectivity index is 2.77. The van der Waals surface area contributed by atoms with Crippen LogP contribution in [0.25, 0.3) is 0 Å². The molecule has 0 bridgehead atoms. The monoisotopic (exact) mass is 232 g/mol. The van der Waals surface area contributed by atoms with E-state index >= 15 is 0 Å².